The number of nitrogens with zero attached hydrogens (tertiary/aromatic N) is 2. The number of thioether (sulfide) groups is 1. The van der Waals surface area contributed by atoms with Crippen molar-refractivity contribution in [1.82, 2.24) is 15.5 Å². The highest BCUT2D eigenvalue weighted by Gasteiger charge is 2.12. The topological polar surface area (TPSA) is 66.9 Å². The molecule has 0 aliphatic heterocycles. The second-order valence-electron chi connectivity index (χ2n) is 6.39. The van der Waals surface area contributed by atoms with Gasteiger partial charge in [0.05, 0.1) is 11.8 Å². The number of hydrogen-bond donors (Lipinski definition) is 2. The Morgan fingerprint density at radius 2 is 1.82 bits per heavy atom. The van der Waals surface area contributed by atoms with Crippen molar-refractivity contribution in [2.75, 3.05) is 11.1 Å². The first kappa shape index (κ1) is 20.4. The van der Waals surface area contributed by atoms with Crippen LogP contribution in [0.4, 0.5) is 5.13 Å². The fourth-order valence-electron chi connectivity index (χ4n) is 2.65. The Morgan fingerprint density at radius 1 is 1.07 bits per heavy atom. The zero-order chi connectivity index (χ0) is 19.8. The molecule has 0 saturated carbocycles. The van der Waals surface area contributed by atoms with E-state index in [0.29, 0.717) is 12.3 Å². The minimum absolute atomic E-state index is 0.00828. The minimum Gasteiger partial charge on any atom is -0.356 e. The van der Waals surface area contributed by atoms with Crippen LogP contribution in [0.25, 0.3) is 0 Å². The number of rotatable bonds is 9. The summed E-state index contributed by atoms with van der Waals surface area (Å²) < 4.78 is 0.783. The Bertz CT molecular complexity index is 881. The molecule has 7 heteroatoms. The van der Waals surface area contributed by atoms with Crippen molar-refractivity contribution in [3.63, 3.8) is 0 Å². The van der Waals surface area contributed by atoms with Crippen molar-refractivity contribution >= 4 is 34.1 Å². The lowest BCUT2D eigenvalue weighted by Gasteiger charge is -2.14. The monoisotopic (exact) mass is 412 g/mol. The molecule has 0 fully saturated rings. The number of anilines is 1. The third-order valence-electron chi connectivity index (χ3n) is 4.29. The van der Waals surface area contributed by atoms with Crippen LogP contribution in [0.15, 0.2) is 58.9 Å². The summed E-state index contributed by atoms with van der Waals surface area (Å²) in [7, 11) is 0. The van der Waals surface area contributed by atoms with E-state index >= 15 is 0 Å². The van der Waals surface area contributed by atoms with Gasteiger partial charge in [-0.05, 0) is 30.0 Å². The normalized spacial score (nSPS) is 11.8. The maximum atomic E-state index is 12.2. The number of hydrogen-bond acceptors (Lipinski definition) is 6. The molecule has 0 spiro atoms. The number of carbonyl (C=O) groups is 1. The molecule has 1 atom stereocenters. The van der Waals surface area contributed by atoms with Crippen LogP contribution < -0.4 is 10.6 Å². The van der Waals surface area contributed by atoms with E-state index in [0.717, 1.165) is 21.5 Å². The van der Waals surface area contributed by atoms with E-state index in [1.165, 1.54) is 34.2 Å². The number of aromatic nitrogens is 2. The molecule has 0 aliphatic rings. The molecule has 0 radical (unpaired) electrons. The van der Waals surface area contributed by atoms with Crippen LogP contribution in [0.3, 0.4) is 0 Å². The van der Waals surface area contributed by atoms with E-state index in [4.69, 9.17) is 0 Å². The molecule has 0 bridgehead atoms. The molecular formula is C21H24N4OS2. The molecule has 1 amide bonds. The van der Waals surface area contributed by atoms with Crippen molar-refractivity contribution in [3.8, 4) is 0 Å². The second-order valence-corrected chi connectivity index (χ2v) is 8.59. The van der Waals surface area contributed by atoms with Crippen LogP contribution in [-0.2, 0) is 17.8 Å². The van der Waals surface area contributed by atoms with Gasteiger partial charge >= 0.3 is 0 Å². The molecule has 0 saturated heterocycles. The average Bonchev–Trinajstić information content (AvgIpc) is 3.19. The number of amides is 1. The molecule has 2 N–H and O–H groups in total. The van der Waals surface area contributed by atoms with Crippen molar-refractivity contribution in [1.29, 1.82) is 0 Å². The summed E-state index contributed by atoms with van der Waals surface area (Å²) in [5.41, 5.74) is 3.59. The fraction of sp³-hybridized carbons (Fsp3) is 0.286. The van der Waals surface area contributed by atoms with Crippen molar-refractivity contribution < 1.29 is 4.79 Å². The van der Waals surface area contributed by atoms with E-state index in [1.54, 1.807) is 0 Å². The molecule has 3 aromatic rings. The quantitative estimate of drug-likeness (QED) is 0.500. The predicted octanol–water partition coefficient (Wildman–Crippen LogP) is 4.68. The van der Waals surface area contributed by atoms with Gasteiger partial charge in [-0.3, -0.25) is 4.79 Å². The van der Waals surface area contributed by atoms with Crippen LogP contribution in [0.1, 0.15) is 36.6 Å². The summed E-state index contributed by atoms with van der Waals surface area (Å²) in [4.78, 5) is 12.2. The molecule has 28 heavy (non-hydrogen) atoms. The molecule has 0 unspecified atom stereocenters. The largest absolute Gasteiger partial charge is 0.356 e. The van der Waals surface area contributed by atoms with E-state index in [1.807, 2.05) is 25.1 Å². The Hall–Kier alpha value is -2.38. The first-order valence-corrected chi connectivity index (χ1v) is 11.1. The van der Waals surface area contributed by atoms with Gasteiger partial charge < -0.3 is 10.6 Å². The smallest absolute Gasteiger partial charge is 0.230 e. The van der Waals surface area contributed by atoms with Gasteiger partial charge in [0, 0.05) is 6.54 Å². The summed E-state index contributed by atoms with van der Waals surface area (Å²) >= 11 is 2.87. The van der Waals surface area contributed by atoms with E-state index in [2.05, 4.69) is 64.2 Å². The standard InChI is InChI=1S/C21H24N4OS2/c1-3-16-9-11-18(12-10-16)15(2)23-19(26)14-27-21-25-24-20(28-21)22-13-17-7-5-4-6-8-17/h4-12,15H,3,13-14H2,1-2H3,(H,22,24)(H,23,26)/t15-/m0/s1. The number of nitrogens with one attached hydrogen (secondary N) is 2. The Labute approximate surface area is 174 Å². The van der Waals surface area contributed by atoms with Gasteiger partial charge in [0.1, 0.15) is 0 Å². The molecule has 5 nitrogen and oxygen atoms in total. The molecule has 2 aromatic carbocycles. The lowest BCUT2D eigenvalue weighted by atomic mass is 10.1. The fourth-order valence-corrected chi connectivity index (χ4v) is 4.21. The number of benzene rings is 2. The van der Waals surface area contributed by atoms with Crippen LogP contribution in [0.2, 0.25) is 0 Å². The van der Waals surface area contributed by atoms with E-state index in [-0.39, 0.29) is 11.9 Å². The molecular weight excluding hydrogens is 388 g/mol. The van der Waals surface area contributed by atoms with Crippen molar-refractivity contribution in [3.05, 3.63) is 71.3 Å². The highest BCUT2D eigenvalue weighted by atomic mass is 32.2. The number of carbonyl (C=O) groups excluding carboxylic acids is 1. The maximum absolute atomic E-state index is 12.2. The third-order valence-corrected chi connectivity index (χ3v) is 6.30. The van der Waals surface area contributed by atoms with Crippen molar-refractivity contribution in [2.24, 2.45) is 0 Å². The van der Waals surface area contributed by atoms with Gasteiger partial charge in [0.15, 0.2) is 4.34 Å². The molecule has 1 heterocycles. The van der Waals surface area contributed by atoms with E-state index in [9.17, 15) is 4.79 Å². The van der Waals surface area contributed by atoms with Crippen LogP contribution in [-0.4, -0.2) is 21.9 Å². The van der Waals surface area contributed by atoms with Crippen LogP contribution >= 0.6 is 23.1 Å². The zero-order valence-corrected chi connectivity index (χ0v) is 17.6. The summed E-state index contributed by atoms with van der Waals surface area (Å²) in [6.45, 7) is 4.84. The lowest BCUT2D eigenvalue weighted by Crippen LogP contribution is -2.28. The Kier molecular flexibility index (Phi) is 7.45. The van der Waals surface area contributed by atoms with Gasteiger partial charge in [-0.15, -0.1) is 10.2 Å². The van der Waals surface area contributed by atoms with Gasteiger partial charge in [0.25, 0.3) is 0 Å². The van der Waals surface area contributed by atoms with Crippen LogP contribution in [0, 0.1) is 0 Å². The van der Waals surface area contributed by atoms with Gasteiger partial charge in [0.2, 0.25) is 11.0 Å². The third kappa shape index (κ3) is 6.07. The van der Waals surface area contributed by atoms with Gasteiger partial charge in [-0.2, -0.15) is 0 Å². The molecule has 1 aromatic heterocycles. The SMILES string of the molecule is CCc1ccc([C@H](C)NC(=O)CSc2nnc(NCc3ccccc3)s2)cc1. The molecule has 146 valence electrons. The van der Waals surface area contributed by atoms with Gasteiger partial charge in [-0.1, -0.05) is 84.6 Å². The first-order chi connectivity index (χ1) is 13.6. The highest BCUT2D eigenvalue weighted by molar-refractivity contribution is 8.01. The summed E-state index contributed by atoms with van der Waals surface area (Å²) in [5.74, 6) is 0.316. The Balaban J connectivity index is 1.43. The average molecular weight is 413 g/mol. The zero-order valence-electron chi connectivity index (χ0n) is 16.0. The second kappa shape index (κ2) is 10.2. The first-order valence-electron chi connectivity index (χ1n) is 9.26. The van der Waals surface area contributed by atoms with Gasteiger partial charge in [-0.25, -0.2) is 0 Å². The summed E-state index contributed by atoms with van der Waals surface area (Å²) in [6, 6.07) is 18.5. The highest BCUT2D eigenvalue weighted by Crippen LogP contribution is 2.26. The predicted molar refractivity (Wildman–Crippen MR) is 117 cm³/mol. The molecule has 3 rings (SSSR count). The van der Waals surface area contributed by atoms with Crippen LogP contribution in [0.5, 0.6) is 0 Å². The molecule has 0 aliphatic carbocycles. The number of aryl methyl sites for hydroxylation is 1. The summed E-state index contributed by atoms with van der Waals surface area (Å²) in [5, 5.41) is 15.3. The minimum atomic E-state index is -0.0171. The van der Waals surface area contributed by atoms with E-state index < -0.39 is 0 Å². The summed E-state index contributed by atoms with van der Waals surface area (Å²) in [6.07, 6.45) is 1.02. The maximum Gasteiger partial charge on any atom is 0.230 e. The lowest BCUT2D eigenvalue weighted by molar-refractivity contribution is -0.119. The Morgan fingerprint density at radius 3 is 2.54 bits per heavy atom. The van der Waals surface area contributed by atoms with Crippen molar-refractivity contribution in [2.45, 2.75) is 37.2 Å².